The fourth-order valence-electron chi connectivity index (χ4n) is 9.31. The summed E-state index contributed by atoms with van der Waals surface area (Å²) in [6, 6.07) is 0. The number of esters is 3. The van der Waals surface area contributed by atoms with Gasteiger partial charge in [-0.1, -0.05) is 90.8 Å². The minimum Gasteiger partial charge on any atom is -0.852 e. The second kappa shape index (κ2) is 26.6. The number of hydrogen-bond acceptors (Lipinski definition) is 13. The molecule has 0 fully saturated rings. The van der Waals surface area contributed by atoms with E-state index in [1.54, 1.807) is 19.1 Å². The van der Waals surface area contributed by atoms with Gasteiger partial charge in [0.05, 0.1) is 42.7 Å². The van der Waals surface area contributed by atoms with E-state index >= 15 is 0 Å². The standard InChI is InChI=1S/C46H69O13.2Na/c1-7-25(3)45(55)58-39-21-33(49)17-29-11-9-27(5)37(43(29)39)15-13-31(47)19-35(51)23-42(54)57-36(24-41(52)53)20-32(48)14-16-38-28(6)10-12-30-18-34(50)22-40(44(30)38)59-46(56)26(4)8-2;;/h9-12,17-18,25-28,31-40,43-44,47,49-51H,7-8,13-16,19-24H2,1-6H3,(H,52,53);;/q-1;2*+1/p-1/t25-,26-,27-,28-,31+,32+,33+,34+,35+,36+,37-,38-,39-,40-,43-,44-;;/m0../s1. The van der Waals surface area contributed by atoms with E-state index in [9.17, 15) is 49.8 Å². The van der Waals surface area contributed by atoms with Gasteiger partial charge in [0.2, 0.25) is 0 Å². The molecule has 0 unspecified atom stereocenters. The predicted octanol–water partition coefficient (Wildman–Crippen LogP) is -2.60. The van der Waals surface area contributed by atoms with Crippen LogP contribution >= 0.6 is 0 Å². The van der Waals surface area contributed by atoms with Gasteiger partial charge in [0.1, 0.15) is 18.3 Å². The third-order valence-corrected chi connectivity index (χ3v) is 13.1. The number of ether oxygens (including phenoxy) is 3. The molecule has 13 nitrogen and oxygen atoms in total. The van der Waals surface area contributed by atoms with Crippen LogP contribution in [0.2, 0.25) is 0 Å². The van der Waals surface area contributed by atoms with E-state index in [2.05, 4.69) is 6.92 Å². The van der Waals surface area contributed by atoms with Gasteiger partial charge in [-0.2, -0.15) is 0 Å². The van der Waals surface area contributed by atoms with Crippen molar-refractivity contribution in [3.8, 4) is 0 Å². The molecule has 0 bridgehead atoms. The monoisotopic (exact) mass is 874 g/mol. The van der Waals surface area contributed by atoms with Crippen LogP contribution in [-0.2, 0) is 33.4 Å². The Kier molecular flexibility index (Phi) is 24.3. The summed E-state index contributed by atoms with van der Waals surface area (Å²) in [5.74, 6) is -3.98. The second-order valence-electron chi connectivity index (χ2n) is 17.8. The molecule has 0 saturated carbocycles. The Balaban J connectivity index is 0.00000641. The van der Waals surface area contributed by atoms with Crippen LogP contribution in [-0.4, -0.2) is 93.1 Å². The molecule has 0 aliphatic heterocycles. The van der Waals surface area contributed by atoms with E-state index in [1.807, 2.05) is 52.0 Å². The summed E-state index contributed by atoms with van der Waals surface area (Å²) in [6.07, 6.45) is 5.56. The molecule has 332 valence electrons. The van der Waals surface area contributed by atoms with Crippen molar-refractivity contribution in [2.75, 3.05) is 0 Å². The Morgan fingerprint density at radius 3 is 1.64 bits per heavy atom. The van der Waals surface area contributed by atoms with Crippen LogP contribution in [0.3, 0.4) is 0 Å². The van der Waals surface area contributed by atoms with Crippen LogP contribution < -0.4 is 69.3 Å². The second-order valence-corrected chi connectivity index (χ2v) is 17.8. The quantitative estimate of drug-likeness (QED) is 0.0529. The number of aliphatic hydroxyl groups is 4. The summed E-state index contributed by atoms with van der Waals surface area (Å²) >= 11 is 0. The molecule has 4 aliphatic carbocycles. The number of hydrogen-bond donors (Lipinski definition) is 4. The number of carboxylic acid groups (broad SMARTS) is 1. The van der Waals surface area contributed by atoms with Crippen molar-refractivity contribution in [1.29, 1.82) is 0 Å². The van der Waals surface area contributed by atoms with E-state index in [-0.39, 0.29) is 157 Å². The third kappa shape index (κ3) is 16.5. The van der Waals surface area contributed by atoms with Gasteiger partial charge in [-0.3, -0.25) is 14.4 Å². The number of fused-ring (bicyclic) bond motifs is 2. The number of rotatable bonds is 21. The molecule has 0 amide bonds. The van der Waals surface area contributed by atoms with E-state index in [0.717, 1.165) is 11.1 Å². The van der Waals surface area contributed by atoms with Crippen LogP contribution in [0.5, 0.6) is 0 Å². The zero-order chi connectivity index (χ0) is 43.6. The third-order valence-electron chi connectivity index (χ3n) is 13.1. The minimum atomic E-state index is -1.49. The molecule has 0 saturated heterocycles. The van der Waals surface area contributed by atoms with Gasteiger partial charge in [0, 0.05) is 37.1 Å². The predicted molar refractivity (Wildman–Crippen MR) is 214 cm³/mol. The first-order valence-corrected chi connectivity index (χ1v) is 21.9. The molecule has 0 heterocycles. The fraction of sp³-hybridized carbons (Fsp3) is 0.739. The first kappa shape index (κ1) is 55.8. The van der Waals surface area contributed by atoms with Gasteiger partial charge in [-0.15, -0.1) is 6.10 Å². The molecule has 0 aromatic heterocycles. The van der Waals surface area contributed by atoms with E-state index < -0.39 is 73.6 Å². The number of carbonyl (C=O) groups excluding carboxylic acids is 4. The molecule has 4 rings (SSSR count). The van der Waals surface area contributed by atoms with Crippen LogP contribution in [0.1, 0.15) is 119 Å². The molecule has 16 atom stereocenters. The van der Waals surface area contributed by atoms with Crippen LogP contribution in [0.4, 0.5) is 0 Å². The largest absolute Gasteiger partial charge is 1.00 e. The molecule has 0 aromatic rings. The number of carboxylic acids is 1. The summed E-state index contributed by atoms with van der Waals surface area (Å²) in [5, 5.41) is 67.7. The number of aliphatic hydroxyl groups excluding tert-OH is 4. The average Bonchev–Trinajstić information content (AvgIpc) is 3.15. The molecule has 0 aromatic carbocycles. The maximum absolute atomic E-state index is 13.4. The van der Waals surface area contributed by atoms with Crippen molar-refractivity contribution in [3.63, 3.8) is 0 Å². The van der Waals surface area contributed by atoms with Gasteiger partial charge >= 0.3 is 77.0 Å². The zero-order valence-corrected chi connectivity index (χ0v) is 41.7. The van der Waals surface area contributed by atoms with E-state index in [1.165, 1.54) is 0 Å². The Morgan fingerprint density at radius 2 is 1.20 bits per heavy atom. The average molecular weight is 875 g/mol. The number of aliphatic carboxylic acids is 1. The van der Waals surface area contributed by atoms with Crippen molar-refractivity contribution in [2.24, 2.45) is 47.3 Å². The van der Waals surface area contributed by atoms with Gasteiger partial charge in [-0.25, -0.2) is 0 Å². The normalized spacial score (nSPS) is 30.8. The van der Waals surface area contributed by atoms with E-state index in [4.69, 9.17) is 14.2 Å². The Hall–Kier alpha value is -1.36. The topological polar surface area (TPSA) is 223 Å². The summed E-state index contributed by atoms with van der Waals surface area (Å²) < 4.78 is 17.3. The van der Waals surface area contributed by atoms with Gasteiger partial charge < -0.3 is 49.6 Å². The Bertz CT molecular complexity index is 1560. The molecular weight excluding hydrogens is 806 g/mol. The Morgan fingerprint density at radius 1 is 0.738 bits per heavy atom. The van der Waals surface area contributed by atoms with Gasteiger partial charge in [0.25, 0.3) is 0 Å². The smallest absolute Gasteiger partial charge is 0.852 e. The molecule has 61 heavy (non-hydrogen) atoms. The first-order valence-electron chi connectivity index (χ1n) is 21.9. The molecule has 4 N–H and O–H groups in total. The molecule has 0 radical (unpaired) electrons. The maximum atomic E-state index is 13.4. The number of allylic oxidation sites excluding steroid dienone is 4. The van der Waals surface area contributed by atoms with Crippen LogP contribution in [0.15, 0.2) is 47.6 Å². The van der Waals surface area contributed by atoms with Crippen molar-refractivity contribution in [3.05, 3.63) is 47.6 Å². The van der Waals surface area contributed by atoms with Gasteiger partial charge in [-0.05, 0) is 73.3 Å². The van der Waals surface area contributed by atoms with Crippen LogP contribution in [0, 0.1) is 47.3 Å². The summed E-state index contributed by atoms with van der Waals surface area (Å²) in [4.78, 5) is 50.1. The van der Waals surface area contributed by atoms with Crippen molar-refractivity contribution < 1.29 is 123 Å². The minimum absolute atomic E-state index is 0. The van der Waals surface area contributed by atoms with Crippen molar-refractivity contribution >= 4 is 23.9 Å². The molecule has 15 heteroatoms. The van der Waals surface area contributed by atoms with Crippen molar-refractivity contribution in [1.82, 2.24) is 0 Å². The molecule has 4 aliphatic rings. The summed E-state index contributed by atoms with van der Waals surface area (Å²) in [7, 11) is 0. The maximum Gasteiger partial charge on any atom is 1.00 e. The SMILES string of the molecule is CC[C@H](C)C(=O)O[C@H]1C[C@H](O)C=C2C=C[C@H](C)[C@H](CC[C@@H]([O-])C[C@H](CC(=O)[O-])OC(=O)C[C@H](O)C[C@H](O)CC[C@@H]3[C@@H]4C(=C[C@@H](O)C[C@@H]4OC(=O)[C@@H](C)CC)C=C[C@@H]3C)[C@H]21.[Na+].[Na+]. The van der Waals surface area contributed by atoms with E-state index in [0.29, 0.717) is 25.7 Å². The summed E-state index contributed by atoms with van der Waals surface area (Å²) in [5.41, 5.74) is 1.75. The van der Waals surface area contributed by atoms with Crippen molar-refractivity contribution in [2.45, 2.75) is 167 Å². The summed E-state index contributed by atoms with van der Waals surface area (Å²) in [6.45, 7) is 11.5. The van der Waals surface area contributed by atoms with Crippen LogP contribution in [0.25, 0.3) is 0 Å². The zero-order valence-electron chi connectivity index (χ0n) is 37.7. The molecular formula is C46H68Na2O13. The Labute approximate surface area is 406 Å². The molecule has 0 spiro atoms. The fourth-order valence-corrected chi connectivity index (χ4v) is 9.31. The first-order chi connectivity index (χ1) is 27.9. The van der Waals surface area contributed by atoms with Gasteiger partial charge in [0.15, 0.2) is 0 Å². The number of carbonyl (C=O) groups is 4.